The minimum absolute atomic E-state index is 0.0433. The van der Waals surface area contributed by atoms with Crippen molar-refractivity contribution in [3.8, 4) is 11.3 Å². The van der Waals surface area contributed by atoms with Crippen molar-refractivity contribution in [2.24, 2.45) is 5.92 Å². The predicted octanol–water partition coefficient (Wildman–Crippen LogP) is 5.78. The van der Waals surface area contributed by atoms with Crippen molar-refractivity contribution in [1.82, 2.24) is 29.5 Å². The number of hydrogen-bond donors (Lipinski definition) is 3. The summed E-state index contributed by atoms with van der Waals surface area (Å²) < 4.78 is 15.1. The molecule has 0 amide bonds. The van der Waals surface area contributed by atoms with Crippen molar-refractivity contribution in [1.29, 1.82) is 0 Å². The number of pyridine rings is 1. The smallest absolute Gasteiger partial charge is 0.229 e. The second-order valence-electron chi connectivity index (χ2n) is 12.5. The number of carbonyl (C=O) groups excluding carboxylic acids is 1. The highest BCUT2D eigenvalue weighted by atomic mass is 19.1. The van der Waals surface area contributed by atoms with Crippen LogP contribution in [0.15, 0.2) is 73.3 Å². The molecule has 0 bridgehead atoms. The van der Waals surface area contributed by atoms with Crippen LogP contribution in [-0.4, -0.2) is 72.6 Å². The van der Waals surface area contributed by atoms with Gasteiger partial charge >= 0.3 is 0 Å². The number of rotatable bonds is 12. The van der Waals surface area contributed by atoms with Crippen molar-refractivity contribution < 1.29 is 14.3 Å². The van der Waals surface area contributed by atoms with Crippen LogP contribution in [-0.2, 0) is 17.8 Å². The lowest BCUT2D eigenvalue weighted by Crippen LogP contribution is -2.45. The summed E-state index contributed by atoms with van der Waals surface area (Å²) in [4.78, 5) is 28.6. The summed E-state index contributed by atoms with van der Waals surface area (Å²) in [6.07, 6.45) is 4.05. The lowest BCUT2D eigenvalue weighted by Gasteiger charge is -2.35. The third kappa shape index (κ3) is 7.01. The second kappa shape index (κ2) is 13.9. The Labute approximate surface area is 273 Å². The normalized spacial score (nSPS) is 17.0. The minimum atomic E-state index is -0.937. The van der Waals surface area contributed by atoms with Gasteiger partial charge < -0.3 is 20.6 Å². The Morgan fingerprint density at radius 3 is 2.74 bits per heavy atom. The molecule has 1 aliphatic rings. The summed E-state index contributed by atoms with van der Waals surface area (Å²) in [6, 6.07) is 15.6. The fourth-order valence-electron chi connectivity index (χ4n) is 6.20. The number of halogens is 1. The molecular weight excluding hydrogens is 595 g/mol. The van der Waals surface area contributed by atoms with E-state index in [0.717, 1.165) is 58.3 Å². The van der Waals surface area contributed by atoms with E-state index in [9.17, 15) is 14.3 Å². The Hall–Kier alpha value is -4.74. The SMILES string of the molecule is C=C(F)C(=O)Cc1ccc2c(-c3ccccc3CNc3nc(NC[C@H]4CCN(CC)C[C@@H]4O)nc4c(C(C)C)cnn34)nccc2c1. The maximum atomic E-state index is 13.3. The number of piperidine rings is 1. The fraction of sp³-hybridized carbons (Fsp3) is 0.361. The van der Waals surface area contributed by atoms with Gasteiger partial charge in [-0.15, -0.1) is 0 Å². The third-order valence-corrected chi connectivity index (χ3v) is 9.00. The van der Waals surface area contributed by atoms with Crippen molar-refractivity contribution >= 4 is 34.1 Å². The van der Waals surface area contributed by atoms with E-state index in [1.165, 1.54) is 0 Å². The lowest BCUT2D eigenvalue weighted by atomic mass is 9.94. The van der Waals surface area contributed by atoms with Gasteiger partial charge in [0.1, 0.15) is 0 Å². The quantitative estimate of drug-likeness (QED) is 0.146. The highest BCUT2D eigenvalue weighted by Crippen LogP contribution is 2.31. The molecule has 5 aromatic rings. The van der Waals surface area contributed by atoms with Crippen molar-refractivity contribution in [3.05, 3.63) is 90.0 Å². The van der Waals surface area contributed by atoms with Gasteiger partial charge in [0.25, 0.3) is 0 Å². The van der Waals surface area contributed by atoms with E-state index in [4.69, 9.17) is 15.0 Å². The Kier molecular flexibility index (Phi) is 9.55. The number of allylic oxidation sites excluding steroid dienone is 1. The number of anilines is 2. The van der Waals surface area contributed by atoms with E-state index in [1.807, 2.05) is 54.7 Å². The van der Waals surface area contributed by atoms with Crippen molar-refractivity contribution in [2.45, 2.75) is 52.2 Å². The molecule has 0 saturated carbocycles. The number of β-amino-alcohol motifs (C(OH)–C–C–N with tert-alkyl or cyclic N) is 1. The molecule has 10 nitrogen and oxygen atoms in total. The number of ketones is 1. The molecule has 11 heteroatoms. The van der Waals surface area contributed by atoms with Crippen LogP contribution in [0.25, 0.3) is 27.7 Å². The molecule has 0 unspecified atom stereocenters. The second-order valence-corrected chi connectivity index (χ2v) is 12.5. The van der Waals surface area contributed by atoms with Gasteiger partial charge in [-0.1, -0.05) is 69.8 Å². The molecule has 47 heavy (non-hydrogen) atoms. The molecular formula is C36H41FN8O2. The maximum absolute atomic E-state index is 13.3. The Bertz CT molecular complexity index is 1920. The molecule has 1 fully saturated rings. The number of nitrogens with zero attached hydrogens (tertiary/aromatic N) is 6. The Morgan fingerprint density at radius 1 is 1.15 bits per heavy atom. The summed E-state index contributed by atoms with van der Waals surface area (Å²) in [5, 5.41) is 24.1. The number of carbonyl (C=O) groups is 1. The van der Waals surface area contributed by atoms with E-state index in [2.05, 4.69) is 48.0 Å². The zero-order valence-electron chi connectivity index (χ0n) is 27.1. The van der Waals surface area contributed by atoms with Gasteiger partial charge in [0, 0.05) is 54.7 Å². The molecule has 4 heterocycles. The molecule has 3 N–H and O–H groups in total. The summed E-state index contributed by atoms with van der Waals surface area (Å²) in [7, 11) is 0. The summed E-state index contributed by atoms with van der Waals surface area (Å²) in [6.45, 7) is 13.1. The number of aliphatic hydroxyl groups excluding tert-OH is 1. The number of aliphatic hydroxyl groups is 1. The topological polar surface area (TPSA) is 121 Å². The maximum Gasteiger partial charge on any atom is 0.229 e. The van der Waals surface area contributed by atoms with Gasteiger partial charge in [-0.25, -0.2) is 4.39 Å². The van der Waals surface area contributed by atoms with Crippen molar-refractivity contribution in [2.75, 3.05) is 36.8 Å². The highest BCUT2D eigenvalue weighted by Gasteiger charge is 2.27. The molecule has 0 aliphatic carbocycles. The standard InChI is InChI=1S/C36H41FN8O2/c1-5-44-15-13-27(32(47)21-44)19-39-35-42-34-30(22(2)3)20-41-45(34)36(43-35)40-18-26-8-6-7-9-28(26)33-29-11-10-24(17-31(46)23(4)37)16-25(29)12-14-38-33/h6-12,14,16,20,22,27,32,47H,4-5,13,15,17-19,21H2,1-3H3,(H2,39,40,42,43)/t27-,32+/m1/s1. The molecule has 2 atom stereocenters. The predicted molar refractivity (Wildman–Crippen MR) is 183 cm³/mol. The summed E-state index contributed by atoms with van der Waals surface area (Å²) >= 11 is 0. The average molecular weight is 637 g/mol. The molecule has 1 saturated heterocycles. The van der Waals surface area contributed by atoms with Gasteiger partial charge in [0.15, 0.2) is 17.3 Å². The number of nitrogens with one attached hydrogen (secondary N) is 2. The van der Waals surface area contributed by atoms with E-state index < -0.39 is 17.7 Å². The monoisotopic (exact) mass is 636 g/mol. The van der Waals surface area contributed by atoms with Gasteiger partial charge in [0.05, 0.1) is 18.0 Å². The first-order valence-electron chi connectivity index (χ1n) is 16.2. The lowest BCUT2D eigenvalue weighted by molar-refractivity contribution is -0.116. The number of likely N-dealkylation sites (tertiary alicyclic amines) is 1. The molecule has 0 spiro atoms. The van der Waals surface area contributed by atoms with Crippen LogP contribution in [0.3, 0.4) is 0 Å². The number of Topliss-reactive ketones (excluding diaryl/α,β-unsaturated/α-hetero) is 1. The number of aromatic nitrogens is 5. The van der Waals surface area contributed by atoms with Gasteiger partial charge in [-0.3, -0.25) is 9.78 Å². The molecule has 3 aromatic heterocycles. The summed E-state index contributed by atoms with van der Waals surface area (Å²) in [5.41, 5.74) is 5.22. The van der Waals surface area contributed by atoms with Crippen LogP contribution < -0.4 is 10.6 Å². The highest BCUT2D eigenvalue weighted by molar-refractivity contribution is 5.98. The molecule has 2 aromatic carbocycles. The van der Waals surface area contributed by atoms with Crippen LogP contribution in [0.2, 0.25) is 0 Å². The first-order valence-corrected chi connectivity index (χ1v) is 16.2. The van der Waals surface area contributed by atoms with E-state index in [1.54, 1.807) is 10.7 Å². The van der Waals surface area contributed by atoms with Gasteiger partial charge in [-0.2, -0.15) is 19.6 Å². The van der Waals surface area contributed by atoms with Crippen LogP contribution >= 0.6 is 0 Å². The number of fused-ring (bicyclic) bond motifs is 2. The molecule has 6 rings (SSSR count). The Balaban J connectivity index is 1.27. The zero-order chi connectivity index (χ0) is 33.1. The fourth-order valence-corrected chi connectivity index (χ4v) is 6.20. The number of hydrogen-bond acceptors (Lipinski definition) is 9. The van der Waals surface area contributed by atoms with Crippen LogP contribution in [0.4, 0.5) is 16.3 Å². The third-order valence-electron chi connectivity index (χ3n) is 9.00. The largest absolute Gasteiger partial charge is 0.391 e. The van der Waals surface area contributed by atoms with Crippen LogP contribution in [0, 0.1) is 5.92 Å². The van der Waals surface area contributed by atoms with E-state index in [-0.39, 0.29) is 18.3 Å². The zero-order valence-corrected chi connectivity index (χ0v) is 27.1. The van der Waals surface area contributed by atoms with Crippen LogP contribution in [0.5, 0.6) is 0 Å². The number of benzene rings is 2. The number of likely N-dealkylation sites (N-methyl/N-ethyl adjacent to an activating group) is 1. The van der Waals surface area contributed by atoms with Crippen molar-refractivity contribution in [3.63, 3.8) is 0 Å². The molecule has 0 radical (unpaired) electrons. The van der Waals surface area contributed by atoms with Gasteiger partial charge in [0.2, 0.25) is 11.9 Å². The molecule has 244 valence electrons. The van der Waals surface area contributed by atoms with Crippen LogP contribution in [0.1, 0.15) is 49.8 Å². The van der Waals surface area contributed by atoms with E-state index >= 15 is 0 Å². The molecule has 1 aliphatic heterocycles. The first-order chi connectivity index (χ1) is 22.7. The van der Waals surface area contributed by atoms with Gasteiger partial charge in [-0.05, 0) is 48.0 Å². The summed E-state index contributed by atoms with van der Waals surface area (Å²) in [5.74, 6) is -0.191. The first kappa shape index (κ1) is 32.2. The minimum Gasteiger partial charge on any atom is -0.391 e. The average Bonchev–Trinajstić information content (AvgIpc) is 3.51. The van der Waals surface area contributed by atoms with E-state index in [0.29, 0.717) is 37.1 Å². The Morgan fingerprint density at radius 2 is 1.98 bits per heavy atom.